The summed E-state index contributed by atoms with van der Waals surface area (Å²) < 4.78 is 40.8. The zero-order valence-electron chi connectivity index (χ0n) is 13.4. The normalized spacial score (nSPS) is 12.9. The molecule has 1 N–H and O–H groups in total. The molecule has 1 amide bonds. The second-order valence-electron chi connectivity index (χ2n) is 5.07. The number of benzene rings is 1. The van der Waals surface area contributed by atoms with Crippen LogP contribution in [0.4, 0.5) is 13.2 Å². The number of nitrogens with zero attached hydrogens (tertiary/aromatic N) is 3. The van der Waals surface area contributed by atoms with Crippen LogP contribution in [0.3, 0.4) is 0 Å². The Labute approximate surface area is 141 Å². The fraction of sp³-hybridized carbons (Fsp3) is 0.400. The molecule has 0 aliphatic rings. The highest BCUT2D eigenvalue weighted by atomic mass is 32.2. The molecule has 1 atom stereocenters. The van der Waals surface area contributed by atoms with E-state index in [0.717, 1.165) is 17.9 Å². The lowest BCUT2D eigenvalue weighted by Gasteiger charge is -2.16. The van der Waals surface area contributed by atoms with Gasteiger partial charge >= 0.3 is 6.18 Å². The Morgan fingerprint density at radius 1 is 1.33 bits per heavy atom. The van der Waals surface area contributed by atoms with Crippen molar-refractivity contribution in [1.82, 2.24) is 20.1 Å². The van der Waals surface area contributed by atoms with Crippen LogP contribution in [-0.4, -0.2) is 26.4 Å². The van der Waals surface area contributed by atoms with Gasteiger partial charge in [0.2, 0.25) is 0 Å². The Balaban J connectivity index is 2.21. The molecule has 0 saturated heterocycles. The van der Waals surface area contributed by atoms with Crippen LogP contribution in [-0.2, 0) is 13.2 Å². The van der Waals surface area contributed by atoms with Crippen molar-refractivity contribution in [3.05, 3.63) is 41.2 Å². The standard InChI is InChI=1S/C15H17F3N4OS/c1-4-24-14-21-20-12(22(14)3)9(2)19-13(23)10-7-5-6-8-11(10)15(16,17)18/h5-9H,4H2,1-3H3,(H,19,23). The average molecular weight is 358 g/mol. The molecule has 24 heavy (non-hydrogen) atoms. The van der Waals surface area contributed by atoms with Gasteiger partial charge in [-0.1, -0.05) is 30.8 Å². The predicted octanol–water partition coefficient (Wildman–Crippen LogP) is 3.44. The summed E-state index contributed by atoms with van der Waals surface area (Å²) in [4.78, 5) is 12.3. The van der Waals surface area contributed by atoms with E-state index in [-0.39, 0.29) is 0 Å². The van der Waals surface area contributed by atoms with E-state index in [9.17, 15) is 18.0 Å². The van der Waals surface area contributed by atoms with Crippen LogP contribution >= 0.6 is 11.8 Å². The van der Waals surface area contributed by atoms with Crippen LogP contribution in [0, 0.1) is 0 Å². The van der Waals surface area contributed by atoms with Crippen molar-refractivity contribution < 1.29 is 18.0 Å². The molecule has 0 aliphatic carbocycles. The number of nitrogens with one attached hydrogen (secondary N) is 1. The number of carbonyl (C=O) groups is 1. The summed E-state index contributed by atoms with van der Waals surface area (Å²) in [6, 6.07) is 4.10. The van der Waals surface area contributed by atoms with E-state index in [1.165, 1.54) is 23.9 Å². The molecule has 1 aromatic heterocycles. The van der Waals surface area contributed by atoms with Gasteiger partial charge in [-0.05, 0) is 24.8 Å². The van der Waals surface area contributed by atoms with Gasteiger partial charge < -0.3 is 9.88 Å². The summed E-state index contributed by atoms with van der Waals surface area (Å²) in [6.45, 7) is 3.62. The zero-order valence-corrected chi connectivity index (χ0v) is 14.2. The van der Waals surface area contributed by atoms with E-state index < -0.39 is 29.3 Å². The molecule has 0 fully saturated rings. The molecular formula is C15H17F3N4OS. The molecule has 0 bridgehead atoms. The molecule has 0 radical (unpaired) electrons. The molecule has 0 spiro atoms. The number of halogens is 3. The molecule has 1 unspecified atom stereocenters. The van der Waals surface area contributed by atoms with Gasteiger partial charge in [0.05, 0.1) is 17.2 Å². The summed E-state index contributed by atoms with van der Waals surface area (Å²) >= 11 is 1.49. The van der Waals surface area contributed by atoms with Crippen LogP contribution in [0.5, 0.6) is 0 Å². The number of carbonyl (C=O) groups excluding carboxylic acids is 1. The summed E-state index contributed by atoms with van der Waals surface area (Å²) in [5, 5.41) is 11.2. The average Bonchev–Trinajstić information content (AvgIpc) is 2.88. The number of alkyl halides is 3. The van der Waals surface area contributed by atoms with Crippen molar-refractivity contribution in [2.45, 2.75) is 31.2 Å². The smallest absolute Gasteiger partial charge is 0.342 e. The Kier molecular flexibility index (Phi) is 5.53. The molecular weight excluding hydrogens is 341 g/mol. The van der Waals surface area contributed by atoms with E-state index >= 15 is 0 Å². The van der Waals surface area contributed by atoms with Gasteiger partial charge in [0.1, 0.15) is 0 Å². The van der Waals surface area contributed by atoms with E-state index in [0.29, 0.717) is 11.0 Å². The number of amides is 1. The molecule has 130 valence electrons. The molecule has 0 saturated carbocycles. The summed E-state index contributed by atoms with van der Waals surface area (Å²) in [7, 11) is 1.75. The van der Waals surface area contributed by atoms with Crippen LogP contribution in [0.25, 0.3) is 0 Å². The summed E-state index contributed by atoms with van der Waals surface area (Å²) in [5.41, 5.74) is -1.38. The minimum atomic E-state index is -4.59. The Morgan fingerprint density at radius 2 is 2.00 bits per heavy atom. The highest BCUT2D eigenvalue weighted by molar-refractivity contribution is 7.99. The molecule has 2 aromatic rings. The predicted molar refractivity (Wildman–Crippen MR) is 84.7 cm³/mol. The van der Waals surface area contributed by atoms with E-state index in [4.69, 9.17) is 0 Å². The largest absolute Gasteiger partial charge is 0.417 e. The third kappa shape index (κ3) is 3.89. The van der Waals surface area contributed by atoms with Crippen molar-refractivity contribution in [2.24, 2.45) is 7.05 Å². The van der Waals surface area contributed by atoms with Crippen LogP contribution in [0.2, 0.25) is 0 Å². The van der Waals surface area contributed by atoms with Gasteiger partial charge in [0.15, 0.2) is 11.0 Å². The van der Waals surface area contributed by atoms with Gasteiger partial charge in [-0.3, -0.25) is 4.79 Å². The van der Waals surface area contributed by atoms with Crippen LogP contribution < -0.4 is 5.32 Å². The molecule has 2 rings (SSSR count). The van der Waals surface area contributed by atoms with Crippen LogP contribution in [0.15, 0.2) is 29.4 Å². The molecule has 1 heterocycles. The lowest BCUT2D eigenvalue weighted by atomic mass is 10.1. The monoisotopic (exact) mass is 358 g/mol. The fourth-order valence-corrected chi connectivity index (χ4v) is 2.87. The van der Waals surface area contributed by atoms with E-state index in [1.54, 1.807) is 18.5 Å². The van der Waals surface area contributed by atoms with Gasteiger partial charge in [0.25, 0.3) is 5.91 Å². The summed E-state index contributed by atoms with van der Waals surface area (Å²) in [6.07, 6.45) is -4.59. The van der Waals surface area contributed by atoms with Crippen LogP contribution in [0.1, 0.15) is 41.6 Å². The van der Waals surface area contributed by atoms with E-state index in [1.807, 2.05) is 6.92 Å². The quantitative estimate of drug-likeness (QED) is 0.832. The highest BCUT2D eigenvalue weighted by Crippen LogP contribution is 2.32. The second kappa shape index (κ2) is 7.25. The SMILES string of the molecule is CCSc1nnc(C(C)NC(=O)c2ccccc2C(F)(F)F)n1C. The van der Waals surface area contributed by atoms with Crippen molar-refractivity contribution in [3.8, 4) is 0 Å². The van der Waals surface area contributed by atoms with Gasteiger partial charge in [-0.25, -0.2) is 0 Å². The number of thioether (sulfide) groups is 1. The van der Waals surface area contributed by atoms with Gasteiger partial charge in [0, 0.05) is 7.05 Å². The zero-order chi connectivity index (χ0) is 17.9. The van der Waals surface area contributed by atoms with Crippen molar-refractivity contribution in [2.75, 3.05) is 5.75 Å². The number of aromatic nitrogens is 3. The lowest BCUT2D eigenvalue weighted by molar-refractivity contribution is -0.137. The van der Waals surface area contributed by atoms with Gasteiger partial charge in [-0.15, -0.1) is 10.2 Å². The molecule has 9 heteroatoms. The first-order valence-corrected chi connectivity index (χ1v) is 8.23. The van der Waals surface area contributed by atoms with Crippen molar-refractivity contribution in [3.63, 3.8) is 0 Å². The maximum Gasteiger partial charge on any atom is 0.417 e. The Hall–Kier alpha value is -2.03. The molecule has 0 aliphatic heterocycles. The number of hydrogen-bond donors (Lipinski definition) is 1. The second-order valence-corrected chi connectivity index (χ2v) is 6.30. The Bertz CT molecular complexity index is 730. The van der Waals surface area contributed by atoms with Crippen molar-refractivity contribution in [1.29, 1.82) is 0 Å². The first-order chi connectivity index (χ1) is 11.3. The summed E-state index contributed by atoms with van der Waals surface area (Å²) in [5.74, 6) is 0.484. The first kappa shape index (κ1) is 18.3. The maximum absolute atomic E-state index is 13.0. The highest BCUT2D eigenvalue weighted by Gasteiger charge is 2.35. The topological polar surface area (TPSA) is 59.8 Å². The minimum Gasteiger partial charge on any atom is -0.342 e. The third-order valence-electron chi connectivity index (χ3n) is 3.35. The fourth-order valence-electron chi connectivity index (χ4n) is 2.23. The number of hydrogen-bond acceptors (Lipinski definition) is 4. The third-order valence-corrected chi connectivity index (χ3v) is 4.26. The first-order valence-electron chi connectivity index (χ1n) is 7.24. The van der Waals surface area contributed by atoms with Crippen molar-refractivity contribution >= 4 is 17.7 Å². The number of rotatable bonds is 5. The Morgan fingerprint density at radius 3 is 2.62 bits per heavy atom. The maximum atomic E-state index is 13.0. The minimum absolute atomic E-state index is 0.415. The molecule has 5 nitrogen and oxygen atoms in total. The lowest BCUT2D eigenvalue weighted by Crippen LogP contribution is -2.30. The molecule has 1 aromatic carbocycles. The van der Waals surface area contributed by atoms with E-state index in [2.05, 4.69) is 15.5 Å². The van der Waals surface area contributed by atoms with Gasteiger partial charge in [-0.2, -0.15) is 13.2 Å².